The van der Waals surface area contributed by atoms with E-state index in [2.05, 4.69) is 0 Å². The Labute approximate surface area is 208 Å². The van der Waals surface area contributed by atoms with Crippen molar-refractivity contribution in [2.24, 2.45) is 11.8 Å². The molecule has 4 heterocycles. The van der Waals surface area contributed by atoms with Gasteiger partial charge in [-0.1, -0.05) is 48.0 Å². The zero-order valence-corrected chi connectivity index (χ0v) is 20.8. The number of fused-ring (bicyclic) bond motifs is 2. The molecule has 1 aromatic carbocycles. The first-order valence-corrected chi connectivity index (χ1v) is 12.8. The summed E-state index contributed by atoms with van der Waals surface area (Å²) in [6.07, 6.45) is 8.28. The van der Waals surface area contributed by atoms with Crippen LogP contribution in [0.15, 0.2) is 42.5 Å². The number of anilines is 1. The predicted octanol–water partition coefficient (Wildman–Crippen LogP) is 2.26. The number of hydrogen-bond acceptors (Lipinski definition) is 5. The number of hydrogen-bond donors (Lipinski definition) is 1. The fourth-order valence-corrected chi connectivity index (χ4v) is 8.24. The number of rotatable bonds is 4. The lowest BCUT2D eigenvalue weighted by atomic mass is 9.78. The summed E-state index contributed by atoms with van der Waals surface area (Å²) < 4.78 is -0.860. The summed E-state index contributed by atoms with van der Waals surface area (Å²) in [7, 11) is 1.75. The van der Waals surface area contributed by atoms with Crippen molar-refractivity contribution in [3.05, 3.63) is 53.1 Å². The van der Waals surface area contributed by atoms with Crippen LogP contribution in [-0.4, -0.2) is 82.0 Å². The third kappa shape index (κ3) is 3.33. The number of amides is 3. The Bertz CT molecular complexity index is 1090. The van der Waals surface area contributed by atoms with Gasteiger partial charge in [-0.05, 0) is 25.0 Å². The van der Waals surface area contributed by atoms with Crippen LogP contribution in [0.1, 0.15) is 12.0 Å². The normalized spacial score (nSPS) is 32.6. The summed E-state index contributed by atoms with van der Waals surface area (Å²) in [5.74, 6) is -1.63. The van der Waals surface area contributed by atoms with Crippen LogP contribution < -0.4 is 4.90 Å². The molecule has 1 aromatic rings. The van der Waals surface area contributed by atoms with Crippen molar-refractivity contribution in [1.82, 2.24) is 9.80 Å². The molecule has 1 spiro atoms. The van der Waals surface area contributed by atoms with E-state index in [0.29, 0.717) is 30.2 Å². The molecule has 180 valence electrons. The number of carbonyl (C=O) groups is 3. The van der Waals surface area contributed by atoms with Crippen LogP contribution in [0.2, 0.25) is 5.02 Å². The lowest BCUT2D eigenvalue weighted by molar-refractivity contribution is -0.142. The molecule has 0 saturated carbocycles. The summed E-state index contributed by atoms with van der Waals surface area (Å²) >= 11 is 8.09. The quantitative estimate of drug-likeness (QED) is 0.640. The number of likely N-dealkylation sites (tertiary alicyclic amines) is 1. The third-order valence-corrected chi connectivity index (χ3v) is 9.42. The number of thioether (sulfide) groups is 1. The number of aliphatic hydroxyl groups excluding tert-OH is 1. The van der Waals surface area contributed by atoms with Crippen molar-refractivity contribution in [3.63, 3.8) is 0 Å². The fraction of sp³-hybridized carbons (Fsp3) is 0.480. The van der Waals surface area contributed by atoms with E-state index in [1.807, 2.05) is 43.4 Å². The van der Waals surface area contributed by atoms with E-state index < -0.39 is 22.6 Å². The Balaban J connectivity index is 1.64. The van der Waals surface area contributed by atoms with E-state index in [-0.39, 0.29) is 36.1 Å². The summed E-state index contributed by atoms with van der Waals surface area (Å²) in [5, 5.41) is 9.79. The van der Waals surface area contributed by atoms with Crippen molar-refractivity contribution in [2.75, 3.05) is 38.2 Å². The molecule has 0 radical (unpaired) electrons. The number of aryl methyl sites for hydroxylation is 1. The molecule has 7 nitrogen and oxygen atoms in total. The average Bonchev–Trinajstić information content (AvgIpc) is 3.12. The maximum Gasteiger partial charge on any atom is 0.251 e. The second kappa shape index (κ2) is 8.73. The van der Waals surface area contributed by atoms with Gasteiger partial charge in [0.25, 0.3) is 5.91 Å². The molecule has 2 fully saturated rings. The van der Waals surface area contributed by atoms with Gasteiger partial charge in [0.2, 0.25) is 11.8 Å². The predicted molar refractivity (Wildman–Crippen MR) is 133 cm³/mol. The van der Waals surface area contributed by atoms with Crippen LogP contribution in [0, 0.1) is 18.8 Å². The van der Waals surface area contributed by atoms with Gasteiger partial charge in [-0.25, -0.2) is 0 Å². The Morgan fingerprint density at radius 2 is 1.94 bits per heavy atom. The number of halogens is 1. The molecule has 0 bridgehead atoms. The molecule has 34 heavy (non-hydrogen) atoms. The SMILES string of the molecule is Cc1cccc(Cl)c1N1CC=C[C@]23S[C@H]4C=CCN(C)C(=O)[C@H]4[C@H]2C(=O)N(CCCO)C3C1=O. The van der Waals surface area contributed by atoms with Crippen LogP contribution in [-0.2, 0) is 14.4 Å². The Morgan fingerprint density at radius 3 is 2.68 bits per heavy atom. The van der Waals surface area contributed by atoms with E-state index in [9.17, 15) is 19.5 Å². The lowest BCUT2D eigenvalue weighted by Crippen LogP contribution is -2.53. The highest BCUT2D eigenvalue weighted by atomic mass is 35.5. The first kappa shape index (κ1) is 23.5. The van der Waals surface area contributed by atoms with Gasteiger partial charge in [0.05, 0.1) is 27.3 Å². The molecule has 0 aromatic heterocycles. The molecule has 9 heteroatoms. The highest BCUT2D eigenvalue weighted by Crippen LogP contribution is 2.61. The molecule has 1 N–H and O–H groups in total. The van der Waals surface area contributed by atoms with Gasteiger partial charge in [-0.15, -0.1) is 11.8 Å². The van der Waals surface area contributed by atoms with Gasteiger partial charge in [0.15, 0.2) is 0 Å². The van der Waals surface area contributed by atoms with E-state index in [1.165, 1.54) is 0 Å². The molecule has 4 aliphatic heterocycles. The number of nitrogens with zero attached hydrogens (tertiary/aromatic N) is 3. The van der Waals surface area contributed by atoms with Crippen molar-refractivity contribution in [1.29, 1.82) is 0 Å². The van der Waals surface area contributed by atoms with Crippen molar-refractivity contribution >= 4 is 46.8 Å². The van der Waals surface area contributed by atoms with E-state index in [0.717, 1.165) is 5.56 Å². The Hall–Kier alpha value is -2.29. The molecular weight excluding hydrogens is 474 g/mol. The van der Waals surface area contributed by atoms with E-state index in [1.54, 1.807) is 39.6 Å². The maximum absolute atomic E-state index is 14.3. The molecule has 1 unspecified atom stereocenters. The molecule has 4 aliphatic rings. The van der Waals surface area contributed by atoms with Crippen LogP contribution in [0.25, 0.3) is 0 Å². The van der Waals surface area contributed by atoms with Crippen molar-refractivity contribution in [2.45, 2.75) is 29.4 Å². The summed E-state index contributed by atoms with van der Waals surface area (Å²) in [6, 6.07) is 4.73. The zero-order chi connectivity index (χ0) is 24.2. The monoisotopic (exact) mass is 501 g/mol. The first-order valence-electron chi connectivity index (χ1n) is 11.6. The summed E-state index contributed by atoms with van der Waals surface area (Å²) in [4.78, 5) is 46.5. The van der Waals surface area contributed by atoms with Gasteiger partial charge < -0.3 is 19.8 Å². The highest BCUT2D eigenvalue weighted by Gasteiger charge is 2.70. The van der Waals surface area contributed by atoms with E-state index in [4.69, 9.17) is 11.6 Å². The third-order valence-electron chi connectivity index (χ3n) is 7.38. The zero-order valence-electron chi connectivity index (χ0n) is 19.2. The molecule has 3 amide bonds. The second-order valence-corrected chi connectivity index (χ2v) is 11.2. The van der Waals surface area contributed by atoms with Gasteiger partial charge in [-0.3, -0.25) is 14.4 Å². The topological polar surface area (TPSA) is 81.2 Å². The van der Waals surface area contributed by atoms with E-state index >= 15 is 0 Å². The Morgan fingerprint density at radius 1 is 1.15 bits per heavy atom. The van der Waals surface area contributed by atoms with Gasteiger partial charge in [0.1, 0.15) is 6.04 Å². The Kier molecular flexibility index (Phi) is 6.02. The summed E-state index contributed by atoms with van der Waals surface area (Å²) in [6.45, 7) is 2.91. The first-order chi connectivity index (χ1) is 16.3. The average molecular weight is 502 g/mol. The van der Waals surface area contributed by atoms with Crippen LogP contribution in [0.5, 0.6) is 0 Å². The smallest absolute Gasteiger partial charge is 0.251 e. The molecule has 0 aliphatic carbocycles. The van der Waals surface area contributed by atoms with Gasteiger partial charge in [0, 0.05) is 38.5 Å². The summed E-state index contributed by atoms with van der Waals surface area (Å²) in [5.41, 5.74) is 1.51. The number of aliphatic hydroxyl groups is 1. The van der Waals surface area contributed by atoms with Crippen LogP contribution in [0.4, 0.5) is 5.69 Å². The molecular formula is C25H28ClN3O4S. The van der Waals surface area contributed by atoms with Gasteiger partial charge >= 0.3 is 0 Å². The minimum absolute atomic E-state index is 0.0654. The number of carbonyl (C=O) groups excluding carboxylic acids is 3. The largest absolute Gasteiger partial charge is 0.396 e. The van der Waals surface area contributed by atoms with Crippen molar-refractivity contribution in [3.8, 4) is 0 Å². The van der Waals surface area contributed by atoms with Gasteiger partial charge in [-0.2, -0.15) is 0 Å². The maximum atomic E-state index is 14.3. The molecule has 2 saturated heterocycles. The van der Waals surface area contributed by atoms with Crippen molar-refractivity contribution < 1.29 is 19.5 Å². The number of para-hydroxylation sites is 1. The fourth-order valence-electron chi connectivity index (χ4n) is 5.91. The number of likely N-dealkylation sites (N-methyl/N-ethyl adjacent to an activating group) is 1. The highest BCUT2D eigenvalue weighted by molar-refractivity contribution is 8.02. The lowest BCUT2D eigenvalue weighted by Gasteiger charge is -2.35. The number of benzene rings is 1. The second-order valence-electron chi connectivity index (χ2n) is 9.35. The van der Waals surface area contributed by atoms with Crippen LogP contribution >= 0.6 is 23.4 Å². The standard InChI is InChI=1S/C25H28ClN3O4S/c1-15-7-3-8-16(26)20(15)28-12-5-10-25-19(18-17(34-25)9-4-11-27(2)22(18)31)23(32)29(13-6-14-30)21(25)24(28)33/h3-5,7-10,17-19,21,30H,6,11-14H2,1-2H3/t17-,18+,19-,21?,25-/m0/s1. The minimum Gasteiger partial charge on any atom is -0.396 e. The van der Waals surface area contributed by atoms with Crippen LogP contribution in [0.3, 0.4) is 0 Å². The minimum atomic E-state index is -0.860. The molecule has 5 atom stereocenters. The molecule has 5 rings (SSSR count).